The van der Waals surface area contributed by atoms with E-state index in [4.69, 9.17) is 11.5 Å². The zero-order valence-corrected chi connectivity index (χ0v) is 11.8. The van der Waals surface area contributed by atoms with Gasteiger partial charge in [-0.1, -0.05) is 6.07 Å². The number of halogens is 2. The summed E-state index contributed by atoms with van der Waals surface area (Å²) in [4.78, 5) is 14.7. The lowest BCUT2D eigenvalue weighted by Gasteiger charge is -2.00. The van der Waals surface area contributed by atoms with Crippen molar-refractivity contribution < 1.29 is 13.2 Å². The largest absolute Gasteiger partial charge is 0.370 e. The van der Waals surface area contributed by atoms with E-state index in [1.54, 1.807) is 0 Å². The van der Waals surface area contributed by atoms with Crippen molar-refractivity contribution in [1.82, 2.24) is 0 Å². The molecular formula is C9H13Cl2N3O3S. The van der Waals surface area contributed by atoms with Gasteiger partial charge in [0.2, 0.25) is 0 Å². The summed E-state index contributed by atoms with van der Waals surface area (Å²) in [5, 5.41) is 0. The summed E-state index contributed by atoms with van der Waals surface area (Å²) >= 11 is 0. The molecule has 1 aromatic carbocycles. The first kappa shape index (κ1) is 19.0. The maximum atomic E-state index is 11.4. The lowest BCUT2D eigenvalue weighted by Crippen LogP contribution is -2.24. The molecule has 0 saturated carbocycles. The molecule has 0 aliphatic rings. The molecule has 0 radical (unpaired) electrons. The Hall–Kier alpha value is -1.31. The molecule has 1 rings (SSSR count). The molecule has 0 spiro atoms. The van der Waals surface area contributed by atoms with Crippen LogP contribution in [0.15, 0.2) is 34.2 Å². The summed E-state index contributed by atoms with van der Waals surface area (Å²) in [5.41, 5.74) is 10.2. The lowest BCUT2D eigenvalue weighted by molar-refractivity contribution is 0.100. The molecule has 0 aliphatic carbocycles. The van der Waals surface area contributed by atoms with Crippen LogP contribution in [-0.2, 0) is 9.84 Å². The predicted octanol–water partition coefficient (Wildman–Crippen LogP) is 0.347. The van der Waals surface area contributed by atoms with Gasteiger partial charge in [0, 0.05) is 11.8 Å². The minimum Gasteiger partial charge on any atom is -0.370 e. The molecule has 4 N–H and O–H groups in total. The monoisotopic (exact) mass is 313 g/mol. The van der Waals surface area contributed by atoms with Crippen molar-refractivity contribution in [2.24, 2.45) is 16.5 Å². The van der Waals surface area contributed by atoms with E-state index in [9.17, 15) is 13.2 Å². The van der Waals surface area contributed by atoms with Crippen LogP contribution in [0.3, 0.4) is 0 Å². The Morgan fingerprint density at radius 2 is 1.78 bits per heavy atom. The van der Waals surface area contributed by atoms with Gasteiger partial charge in [-0.15, -0.1) is 24.8 Å². The van der Waals surface area contributed by atoms with Crippen molar-refractivity contribution >= 4 is 46.5 Å². The first-order chi connectivity index (χ1) is 7.30. The molecule has 1 aromatic rings. The third-order valence-electron chi connectivity index (χ3n) is 1.74. The van der Waals surface area contributed by atoms with E-state index >= 15 is 0 Å². The normalized spacial score (nSPS) is 9.61. The summed E-state index contributed by atoms with van der Waals surface area (Å²) in [5.74, 6) is -1.04. The summed E-state index contributed by atoms with van der Waals surface area (Å²) in [6, 6.07) is 5.50. The van der Waals surface area contributed by atoms with Gasteiger partial charge < -0.3 is 11.5 Å². The standard InChI is InChI=1S/C9H11N3O3S.2ClH/c1-16(14,15)7-4-2-3-6(5-7)8(13)12-9(10)11;;/h2-5H,1H3,(H4,10,11,12,13);2*1H. The highest BCUT2D eigenvalue weighted by Crippen LogP contribution is 2.11. The third kappa shape index (κ3) is 5.35. The Bertz CT molecular complexity index is 554. The highest BCUT2D eigenvalue weighted by atomic mass is 35.5. The molecule has 6 nitrogen and oxygen atoms in total. The number of carbonyl (C=O) groups is 1. The number of nitrogens with zero attached hydrogens (tertiary/aromatic N) is 1. The first-order valence-electron chi connectivity index (χ1n) is 4.25. The fourth-order valence-electron chi connectivity index (χ4n) is 1.04. The summed E-state index contributed by atoms with van der Waals surface area (Å²) in [6.07, 6.45) is 1.05. The van der Waals surface area contributed by atoms with Crippen molar-refractivity contribution in [3.05, 3.63) is 29.8 Å². The van der Waals surface area contributed by atoms with Gasteiger partial charge >= 0.3 is 0 Å². The second kappa shape index (κ2) is 7.20. The highest BCUT2D eigenvalue weighted by Gasteiger charge is 2.10. The van der Waals surface area contributed by atoms with Crippen LogP contribution >= 0.6 is 24.8 Å². The van der Waals surface area contributed by atoms with Gasteiger partial charge in [-0.05, 0) is 18.2 Å². The van der Waals surface area contributed by atoms with Crippen molar-refractivity contribution in [2.45, 2.75) is 4.90 Å². The summed E-state index contributed by atoms with van der Waals surface area (Å²) in [6.45, 7) is 0. The van der Waals surface area contributed by atoms with Gasteiger partial charge in [0.1, 0.15) is 0 Å². The quantitative estimate of drug-likeness (QED) is 0.603. The van der Waals surface area contributed by atoms with Crippen LogP contribution in [0.2, 0.25) is 0 Å². The van der Waals surface area contributed by atoms with Crippen LogP contribution in [0, 0.1) is 0 Å². The number of amides is 1. The number of hydrogen-bond acceptors (Lipinski definition) is 3. The molecule has 0 bridgehead atoms. The van der Waals surface area contributed by atoms with Crippen LogP contribution in [0.25, 0.3) is 0 Å². The van der Waals surface area contributed by atoms with Gasteiger partial charge in [0.05, 0.1) is 4.90 Å². The summed E-state index contributed by atoms with van der Waals surface area (Å²) < 4.78 is 22.5. The lowest BCUT2D eigenvalue weighted by atomic mass is 10.2. The number of nitrogens with two attached hydrogens (primary N) is 2. The number of sulfone groups is 1. The Kier molecular flexibility index (Phi) is 7.61. The molecule has 0 heterocycles. The minimum atomic E-state index is -3.35. The van der Waals surface area contributed by atoms with Gasteiger partial charge in [-0.3, -0.25) is 4.79 Å². The molecule has 1 amide bonds. The molecule has 0 fully saturated rings. The SMILES string of the molecule is CS(=O)(=O)c1cccc(C(=O)N=C(N)N)c1.Cl.Cl. The Labute approximate surface area is 117 Å². The van der Waals surface area contributed by atoms with E-state index in [-0.39, 0.29) is 41.2 Å². The molecule has 0 aliphatic heterocycles. The zero-order valence-electron chi connectivity index (χ0n) is 9.36. The van der Waals surface area contributed by atoms with Crippen molar-refractivity contribution in [3.63, 3.8) is 0 Å². The van der Waals surface area contributed by atoms with Crippen molar-refractivity contribution in [2.75, 3.05) is 6.26 Å². The average molecular weight is 314 g/mol. The third-order valence-corrected chi connectivity index (χ3v) is 2.85. The maximum Gasteiger partial charge on any atom is 0.280 e. The fourth-order valence-corrected chi connectivity index (χ4v) is 1.71. The summed E-state index contributed by atoms with van der Waals surface area (Å²) in [7, 11) is -3.35. The topological polar surface area (TPSA) is 116 Å². The average Bonchev–Trinajstić information content (AvgIpc) is 2.15. The number of aliphatic imine (C=N–C) groups is 1. The van der Waals surface area contributed by atoms with Gasteiger partial charge in [0.25, 0.3) is 5.91 Å². The van der Waals surface area contributed by atoms with Gasteiger partial charge in [-0.2, -0.15) is 4.99 Å². The van der Waals surface area contributed by atoms with Crippen molar-refractivity contribution in [1.29, 1.82) is 0 Å². The molecule has 0 aromatic heterocycles. The van der Waals surface area contributed by atoms with E-state index in [0.29, 0.717) is 0 Å². The second-order valence-electron chi connectivity index (χ2n) is 3.14. The zero-order chi connectivity index (χ0) is 12.3. The number of hydrogen-bond donors (Lipinski definition) is 2. The van der Waals surface area contributed by atoms with E-state index in [1.807, 2.05) is 0 Å². The molecule has 0 atom stereocenters. The number of carbonyl (C=O) groups excluding carboxylic acids is 1. The van der Waals surface area contributed by atoms with E-state index in [1.165, 1.54) is 24.3 Å². The van der Waals surface area contributed by atoms with Crippen LogP contribution < -0.4 is 11.5 Å². The van der Waals surface area contributed by atoms with Gasteiger partial charge in [-0.25, -0.2) is 8.42 Å². The molecule has 18 heavy (non-hydrogen) atoms. The Balaban J connectivity index is 0. The van der Waals surface area contributed by atoms with E-state index < -0.39 is 15.7 Å². The Morgan fingerprint density at radius 1 is 1.22 bits per heavy atom. The van der Waals surface area contributed by atoms with Gasteiger partial charge in [0.15, 0.2) is 15.8 Å². The second-order valence-corrected chi connectivity index (χ2v) is 5.16. The Morgan fingerprint density at radius 3 is 2.22 bits per heavy atom. The van der Waals surface area contributed by atoms with Crippen LogP contribution in [0.1, 0.15) is 10.4 Å². The van der Waals surface area contributed by atoms with Crippen LogP contribution in [-0.4, -0.2) is 26.5 Å². The maximum absolute atomic E-state index is 11.4. The fraction of sp³-hybridized carbons (Fsp3) is 0.111. The van der Waals surface area contributed by atoms with Crippen LogP contribution in [0.5, 0.6) is 0 Å². The highest BCUT2D eigenvalue weighted by molar-refractivity contribution is 7.90. The number of guanidine groups is 1. The molecule has 0 unspecified atom stereocenters. The first-order valence-corrected chi connectivity index (χ1v) is 6.14. The molecule has 9 heteroatoms. The van der Waals surface area contributed by atoms with Crippen LogP contribution in [0.4, 0.5) is 0 Å². The molecule has 0 saturated heterocycles. The smallest absolute Gasteiger partial charge is 0.280 e. The minimum absolute atomic E-state index is 0. The van der Waals surface area contributed by atoms with E-state index in [0.717, 1.165) is 6.26 Å². The predicted molar refractivity (Wildman–Crippen MR) is 74.2 cm³/mol. The molecular weight excluding hydrogens is 301 g/mol. The molecule has 102 valence electrons. The van der Waals surface area contributed by atoms with Crippen molar-refractivity contribution in [3.8, 4) is 0 Å². The van der Waals surface area contributed by atoms with E-state index in [2.05, 4.69) is 4.99 Å². The number of benzene rings is 1. The number of rotatable bonds is 2.